The Labute approximate surface area is 108 Å². The van der Waals surface area contributed by atoms with Crippen LogP contribution in [0.5, 0.6) is 5.75 Å². The van der Waals surface area contributed by atoms with Crippen molar-refractivity contribution in [2.75, 3.05) is 19.8 Å². The zero-order valence-corrected chi connectivity index (χ0v) is 10.7. The molecule has 1 saturated carbocycles. The van der Waals surface area contributed by atoms with Crippen LogP contribution < -0.4 is 10.1 Å². The van der Waals surface area contributed by atoms with Gasteiger partial charge in [-0.25, -0.2) is 0 Å². The van der Waals surface area contributed by atoms with Crippen molar-refractivity contribution in [1.82, 2.24) is 5.32 Å². The topological polar surface area (TPSA) is 41.5 Å². The van der Waals surface area contributed by atoms with Crippen LogP contribution in [0.3, 0.4) is 0 Å². The van der Waals surface area contributed by atoms with Crippen molar-refractivity contribution < 1.29 is 9.84 Å². The number of aryl methyl sites for hydroxylation is 1. The van der Waals surface area contributed by atoms with E-state index < -0.39 is 0 Å². The lowest BCUT2D eigenvalue weighted by molar-refractivity contribution is 0.207. The highest BCUT2D eigenvalue weighted by Gasteiger charge is 2.41. The van der Waals surface area contributed by atoms with Gasteiger partial charge in [0.2, 0.25) is 0 Å². The molecule has 1 aliphatic carbocycles. The summed E-state index contributed by atoms with van der Waals surface area (Å²) in [5.41, 5.74) is 2.84. The molecule has 0 amide bonds. The first-order valence-corrected chi connectivity index (χ1v) is 6.88. The van der Waals surface area contributed by atoms with Crippen LogP contribution in [0.4, 0.5) is 0 Å². The monoisotopic (exact) mass is 247 g/mol. The van der Waals surface area contributed by atoms with E-state index in [9.17, 15) is 5.11 Å². The second-order valence-corrected chi connectivity index (χ2v) is 5.66. The van der Waals surface area contributed by atoms with Crippen LogP contribution in [-0.4, -0.2) is 24.9 Å². The van der Waals surface area contributed by atoms with E-state index >= 15 is 0 Å². The molecular formula is C15H21NO2. The maximum absolute atomic E-state index is 9.26. The third-order valence-corrected chi connectivity index (χ3v) is 4.09. The summed E-state index contributed by atoms with van der Waals surface area (Å²) >= 11 is 0. The van der Waals surface area contributed by atoms with Crippen LogP contribution in [0.2, 0.25) is 0 Å². The maximum atomic E-state index is 9.26. The van der Waals surface area contributed by atoms with Gasteiger partial charge >= 0.3 is 0 Å². The van der Waals surface area contributed by atoms with Crippen LogP contribution >= 0.6 is 0 Å². The molecule has 3 heteroatoms. The predicted molar refractivity (Wildman–Crippen MR) is 70.7 cm³/mol. The Kier molecular flexibility index (Phi) is 3.27. The molecule has 2 N–H and O–H groups in total. The molecule has 0 spiro atoms. The fourth-order valence-electron chi connectivity index (χ4n) is 2.56. The van der Waals surface area contributed by atoms with E-state index in [1.807, 2.05) is 0 Å². The molecule has 0 bridgehead atoms. The second kappa shape index (κ2) is 4.90. The van der Waals surface area contributed by atoms with Crippen LogP contribution in [0, 0.1) is 5.41 Å². The molecule has 1 aromatic carbocycles. The van der Waals surface area contributed by atoms with Crippen molar-refractivity contribution in [1.29, 1.82) is 0 Å². The molecule has 2 aliphatic rings. The molecule has 1 fully saturated rings. The normalized spacial score (nSPS) is 20.1. The van der Waals surface area contributed by atoms with E-state index in [1.165, 1.54) is 11.1 Å². The number of rotatable bonds is 5. The van der Waals surface area contributed by atoms with Crippen LogP contribution in [0.15, 0.2) is 18.2 Å². The summed E-state index contributed by atoms with van der Waals surface area (Å²) in [6.45, 7) is 2.98. The van der Waals surface area contributed by atoms with Gasteiger partial charge in [-0.15, -0.1) is 0 Å². The Morgan fingerprint density at radius 3 is 3.00 bits per heavy atom. The summed E-state index contributed by atoms with van der Waals surface area (Å²) in [6, 6.07) is 6.47. The van der Waals surface area contributed by atoms with Crippen LogP contribution in [0.25, 0.3) is 0 Å². The average molecular weight is 247 g/mol. The standard InChI is InChI=1S/C15H21NO2/c17-11-15(5-6-15)10-16-9-12-3-4-14-13(8-12)2-1-7-18-14/h3-4,8,16-17H,1-2,5-7,9-11H2. The van der Waals surface area contributed by atoms with Crippen LogP contribution in [-0.2, 0) is 13.0 Å². The molecule has 1 aliphatic heterocycles. The molecule has 0 saturated heterocycles. The summed E-state index contributed by atoms with van der Waals surface area (Å²) in [4.78, 5) is 0. The lowest BCUT2D eigenvalue weighted by atomic mass is 10.0. The largest absolute Gasteiger partial charge is 0.493 e. The zero-order chi connectivity index (χ0) is 12.4. The zero-order valence-electron chi connectivity index (χ0n) is 10.7. The number of aliphatic hydroxyl groups excluding tert-OH is 1. The number of benzene rings is 1. The maximum Gasteiger partial charge on any atom is 0.122 e. The van der Waals surface area contributed by atoms with Gasteiger partial charge in [-0.05, 0) is 42.9 Å². The third kappa shape index (κ3) is 2.52. The smallest absolute Gasteiger partial charge is 0.122 e. The number of nitrogens with one attached hydrogen (secondary N) is 1. The van der Waals surface area contributed by atoms with Gasteiger partial charge in [-0.2, -0.15) is 0 Å². The molecule has 0 atom stereocenters. The van der Waals surface area contributed by atoms with Gasteiger partial charge in [0.05, 0.1) is 6.61 Å². The van der Waals surface area contributed by atoms with Gasteiger partial charge in [0.15, 0.2) is 0 Å². The fourth-order valence-corrected chi connectivity index (χ4v) is 2.56. The van der Waals surface area contributed by atoms with Gasteiger partial charge in [0.25, 0.3) is 0 Å². The minimum absolute atomic E-state index is 0.192. The van der Waals surface area contributed by atoms with Gasteiger partial charge in [-0.3, -0.25) is 0 Å². The Hall–Kier alpha value is -1.06. The van der Waals surface area contributed by atoms with E-state index in [-0.39, 0.29) is 5.41 Å². The third-order valence-electron chi connectivity index (χ3n) is 4.09. The van der Waals surface area contributed by atoms with Crippen molar-refractivity contribution in [2.45, 2.75) is 32.2 Å². The molecule has 1 aromatic rings. The minimum Gasteiger partial charge on any atom is -0.493 e. The van der Waals surface area contributed by atoms with Crippen molar-refractivity contribution in [2.24, 2.45) is 5.41 Å². The van der Waals surface area contributed by atoms with E-state index in [0.717, 1.165) is 51.1 Å². The summed E-state index contributed by atoms with van der Waals surface area (Å²) in [5.74, 6) is 1.05. The Morgan fingerprint density at radius 1 is 1.33 bits per heavy atom. The number of ether oxygens (including phenoxy) is 1. The minimum atomic E-state index is 0.192. The van der Waals surface area contributed by atoms with E-state index in [0.29, 0.717) is 6.61 Å². The molecule has 0 aromatic heterocycles. The first kappa shape index (κ1) is 12.0. The van der Waals surface area contributed by atoms with Crippen molar-refractivity contribution in [3.8, 4) is 5.75 Å². The lowest BCUT2D eigenvalue weighted by Gasteiger charge is -2.18. The fraction of sp³-hybridized carbons (Fsp3) is 0.600. The van der Waals surface area contributed by atoms with Crippen molar-refractivity contribution >= 4 is 0 Å². The van der Waals surface area contributed by atoms with Gasteiger partial charge < -0.3 is 15.2 Å². The molecular weight excluding hydrogens is 226 g/mol. The number of hydrogen-bond acceptors (Lipinski definition) is 3. The summed E-state index contributed by atoms with van der Waals surface area (Å²) in [5, 5.41) is 12.7. The second-order valence-electron chi connectivity index (χ2n) is 5.66. The van der Waals surface area contributed by atoms with Gasteiger partial charge in [-0.1, -0.05) is 12.1 Å². The van der Waals surface area contributed by atoms with Gasteiger partial charge in [0.1, 0.15) is 5.75 Å². The van der Waals surface area contributed by atoms with E-state index in [1.54, 1.807) is 0 Å². The van der Waals surface area contributed by atoms with E-state index in [4.69, 9.17) is 4.74 Å². The van der Waals surface area contributed by atoms with E-state index in [2.05, 4.69) is 23.5 Å². The first-order valence-electron chi connectivity index (χ1n) is 6.88. The molecule has 0 radical (unpaired) electrons. The quantitative estimate of drug-likeness (QED) is 0.834. The first-order chi connectivity index (χ1) is 8.81. The molecule has 98 valence electrons. The highest BCUT2D eigenvalue weighted by molar-refractivity contribution is 5.38. The lowest BCUT2D eigenvalue weighted by Crippen LogP contribution is -2.26. The molecule has 0 unspecified atom stereocenters. The summed E-state index contributed by atoms with van der Waals surface area (Å²) in [6.07, 6.45) is 4.57. The van der Waals surface area contributed by atoms with Crippen molar-refractivity contribution in [3.63, 3.8) is 0 Å². The summed E-state index contributed by atoms with van der Waals surface area (Å²) < 4.78 is 5.61. The Morgan fingerprint density at radius 2 is 2.22 bits per heavy atom. The molecule has 3 rings (SSSR count). The SMILES string of the molecule is OCC1(CNCc2ccc3c(c2)CCCO3)CC1. The summed E-state index contributed by atoms with van der Waals surface area (Å²) in [7, 11) is 0. The van der Waals surface area contributed by atoms with Crippen LogP contribution in [0.1, 0.15) is 30.4 Å². The Bertz CT molecular complexity index is 427. The highest BCUT2D eigenvalue weighted by Crippen LogP contribution is 2.44. The van der Waals surface area contributed by atoms with Gasteiger partial charge in [0, 0.05) is 25.1 Å². The Balaban J connectivity index is 1.56. The van der Waals surface area contributed by atoms with Crippen molar-refractivity contribution in [3.05, 3.63) is 29.3 Å². The number of aliphatic hydroxyl groups is 1. The highest BCUT2D eigenvalue weighted by atomic mass is 16.5. The molecule has 3 nitrogen and oxygen atoms in total. The molecule has 18 heavy (non-hydrogen) atoms. The number of fused-ring (bicyclic) bond motifs is 1. The number of hydrogen-bond donors (Lipinski definition) is 2. The average Bonchev–Trinajstić information content (AvgIpc) is 3.19. The molecule has 1 heterocycles. The predicted octanol–water partition coefficient (Wildman–Crippen LogP) is 1.87.